The van der Waals surface area contributed by atoms with Gasteiger partial charge in [0.25, 0.3) is 5.56 Å². The average molecular weight is 534 g/mol. The second kappa shape index (κ2) is 8.35. The Morgan fingerprint density at radius 1 is 1.15 bits per heavy atom. The molecule has 0 bridgehead atoms. The van der Waals surface area contributed by atoms with E-state index >= 15 is 0 Å². The van der Waals surface area contributed by atoms with Gasteiger partial charge in [0.05, 0.1) is 34.6 Å². The summed E-state index contributed by atoms with van der Waals surface area (Å²) in [6, 6.07) is 6.44. The Bertz CT molecular complexity index is 1680. The van der Waals surface area contributed by atoms with E-state index in [4.69, 9.17) is 4.74 Å². The first-order valence-electron chi connectivity index (χ1n) is 13.9. The van der Waals surface area contributed by atoms with Crippen LogP contribution in [0.4, 0.5) is 4.39 Å². The Balaban J connectivity index is 1.45. The number of fused-ring (bicyclic) bond motifs is 5. The molecule has 7 rings (SSSR count). The fraction of sp³-hybridized carbons (Fsp3) is 0.500. The van der Waals surface area contributed by atoms with E-state index in [2.05, 4.69) is 16.5 Å². The number of aliphatic hydroxyl groups is 1. The topological polar surface area (TPSA) is 93.8 Å². The molecule has 4 aliphatic rings. The number of halogens is 1. The second-order valence-electron chi connectivity index (χ2n) is 11.8. The van der Waals surface area contributed by atoms with Gasteiger partial charge < -0.3 is 19.0 Å². The lowest BCUT2D eigenvalue weighted by atomic mass is 9.85. The van der Waals surface area contributed by atoms with Crippen molar-refractivity contribution in [1.82, 2.24) is 14.0 Å². The molecule has 0 amide bonds. The Labute approximate surface area is 224 Å². The minimum absolute atomic E-state index is 0.0256. The predicted octanol–water partition coefficient (Wildman–Crippen LogP) is 3.39. The zero-order chi connectivity index (χ0) is 27.3. The summed E-state index contributed by atoms with van der Waals surface area (Å²) >= 11 is 0. The first-order chi connectivity index (χ1) is 18.7. The first kappa shape index (κ1) is 24.7. The van der Waals surface area contributed by atoms with Gasteiger partial charge in [0, 0.05) is 29.1 Å². The van der Waals surface area contributed by atoms with Gasteiger partial charge in [-0.25, -0.2) is 9.18 Å². The fourth-order valence-electron chi connectivity index (χ4n) is 7.23. The fourth-order valence-corrected chi connectivity index (χ4v) is 7.23. The molecule has 4 heterocycles. The van der Waals surface area contributed by atoms with Gasteiger partial charge in [0.2, 0.25) is 0 Å². The summed E-state index contributed by atoms with van der Waals surface area (Å²) in [4.78, 5) is 42.7. The van der Waals surface area contributed by atoms with Crippen LogP contribution in [0.2, 0.25) is 0 Å². The lowest BCUT2D eigenvalue weighted by Crippen LogP contribution is -2.44. The molecule has 8 nitrogen and oxygen atoms in total. The van der Waals surface area contributed by atoms with E-state index in [-0.39, 0.29) is 52.6 Å². The monoisotopic (exact) mass is 533 g/mol. The van der Waals surface area contributed by atoms with E-state index in [1.807, 2.05) is 0 Å². The van der Waals surface area contributed by atoms with Crippen molar-refractivity contribution in [2.24, 2.45) is 0 Å². The lowest BCUT2D eigenvalue weighted by molar-refractivity contribution is -0.172. The minimum Gasteiger partial charge on any atom is -0.458 e. The van der Waals surface area contributed by atoms with Crippen LogP contribution in [0.25, 0.3) is 22.2 Å². The summed E-state index contributed by atoms with van der Waals surface area (Å²) in [6.45, 7) is 2.24. The number of cyclic esters (lactones) is 1. The first-order valence-corrected chi connectivity index (χ1v) is 13.9. The molecular formula is C30H32FN3O5. The van der Waals surface area contributed by atoms with Gasteiger partial charge in [-0.1, -0.05) is 19.8 Å². The van der Waals surface area contributed by atoms with Crippen LogP contribution >= 0.6 is 0 Å². The second-order valence-corrected chi connectivity index (χ2v) is 11.8. The number of hydrogen-bond acceptors (Lipinski definition) is 6. The number of carbonyl (C=O) groups is 1. The normalized spacial score (nSPS) is 23.2. The molecule has 39 heavy (non-hydrogen) atoms. The van der Waals surface area contributed by atoms with Gasteiger partial charge >= 0.3 is 5.97 Å². The summed E-state index contributed by atoms with van der Waals surface area (Å²) in [5.74, 6) is -1.30. The van der Waals surface area contributed by atoms with Crippen LogP contribution < -0.4 is 11.0 Å². The molecule has 204 valence electrons. The van der Waals surface area contributed by atoms with Crippen molar-refractivity contribution in [2.45, 2.75) is 88.7 Å². The van der Waals surface area contributed by atoms with Crippen molar-refractivity contribution < 1.29 is 19.0 Å². The highest BCUT2D eigenvalue weighted by atomic mass is 19.1. The quantitative estimate of drug-likeness (QED) is 0.396. The number of carbonyl (C=O) groups excluding carboxylic acids is 1. The lowest BCUT2D eigenvalue weighted by Gasteiger charge is -2.35. The summed E-state index contributed by atoms with van der Waals surface area (Å²) < 4.78 is 23.3. The number of nitrogens with zero attached hydrogens (tertiary/aromatic N) is 3. The number of aromatic nitrogens is 2. The number of likely N-dealkylation sites (N-methyl/N-ethyl adjacent to an activating group) is 1. The number of ether oxygens (including phenoxy) is 1. The van der Waals surface area contributed by atoms with Crippen LogP contribution in [-0.2, 0) is 34.8 Å². The van der Waals surface area contributed by atoms with Crippen molar-refractivity contribution in [2.75, 3.05) is 7.05 Å². The third kappa shape index (κ3) is 3.38. The molecule has 0 spiro atoms. The number of pyridine rings is 2. The third-order valence-electron chi connectivity index (χ3n) is 9.84. The molecule has 0 saturated heterocycles. The number of hydrogen-bond donors (Lipinski definition) is 1. The minimum atomic E-state index is -1.96. The zero-order valence-corrected chi connectivity index (χ0v) is 22.3. The zero-order valence-electron chi connectivity index (χ0n) is 22.3. The molecule has 2 saturated carbocycles. The van der Waals surface area contributed by atoms with Crippen LogP contribution in [0.1, 0.15) is 68.7 Å². The Kier molecular flexibility index (Phi) is 5.29. The molecule has 0 unspecified atom stereocenters. The highest BCUT2D eigenvalue weighted by Crippen LogP contribution is 2.47. The number of esters is 1. The highest BCUT2D eigenvalue weighted by Gasteiger charge is 2.50. The highest BCUT2D eigenvalue weighted by molar-refractivity contribution is 5.88. The molecule has 2 aliphatic carbocycles. The van der Waals surface area contributed by atoms with Crippen LogP contribution in [0.5, 0.6) is 0 Å². The smallest absolute Gasteiger partial charge is 0.343 e. The van der Waals surface area contributed by atoms with Crippen LogP contribution in [-0.4, -0.2) is 43.7 Å². The van der Waals surface area contributed by atoms with E-state index in [9.17, 15) is 23.9 Å². The molecule has 2 fully saturated rings. The molecule has 1 atom stereocenters. The third-order valence-corrected chi connectivity index (χ3v) is 9.84. The van der Waals surface area contributed by atoms with Crippen molar-refractivity contribution >= 4 is 16.9 Å². The molecule has 0 radical (unpaired) electrons. The maximum Gasteiger partial charge on any atom is 0.343 e. The van der Waals surface area contributed by atoms with E-state index in [1.54, 1.807) is 19.1 Å². The number of rotatable bonds is 5. The Hall–Kier alpha value is -3.30. The summed E-state index contributed by atoms with van der Waals surface area (Å²) in [6.07, 6.45) is 6.93. The van der Waals surface area contributed by atoms with Crippen molar-refractivity contribution in [3.8, 4) is 11.3 Å². The van der Waals surface area contributed by atoms with Crippen molar-refractivity contribution in [3.63, 3.8) is 0 Å². The molecule has 2 aromatic heterocycles. The van der Waals surface area contributed by atoms with Gasteiger partial charge in [0.15, 0.2) is 11.0 Å². The van der Waals surface area contributed by atoms with Crippen LogP contribution in [0.3, 0.4) is 0 Å². The molecular weight excluding hydrogens is 501 g/mol. The SMILES string of the molecule is CC[C@@]1(O)C(=O)OCc2c1cc1n(c2=O)Cc2c-1c(=O)c1cc(F)ccc1n2CC1(N(C)C2CCCC2)CC1. The maximum atomic E-state index is 14.5. The van der Waals surface area contributed by atoms with Crippen molar-refractivity contribution in [1.29, 1.82) is 0 Å². The van der Waals surface area contributed by atoms with Gasteiger partial charge in [-0.05, 0) is 63.4 Å². The van der Waals surface area contributed by atoms with Crippen molar-refractivity contribution in [3.05, 3.63) is 67.5 Å². The van der Waals surface area contributed by atoms with Crippen LogP contribution in [0.15, 0.2) is 33.9 Å². The Morgan fingerprint density at radius 2 is 1.90 bits per heavy atom. The van der Waals surface area contributed by atoms with E-state index in [0.717, 1.165) is 12.8 Å². The van der Waals surface area contributed by atoms with E-state index < -0.39 is 17.4 Å². The number of benzene rings is 1. The van der Waals surface area contributed by atoms with E-state index in [0.29, 0.717) is 35.1 Å². The summed E-state index contributed by atoms with van der Waals surface area (Å²) in [5.41, 5.74) is -0.288. The average Bonchev–Trinajstić information content (AvgIpc) is 3.32. The Morgan fingerprint density at radius 3 is 2.59 bits per heavy atom. The standard InChI is InChI=1S/C30H32FN3O5/c1-3-30(38)21-13-23-25-24(14-33(23)27(36)20(21)15-39-28(30)37)34(22-9-8-17(31)12-19(22)26(25)35)16-29(10-11-29)32(2)18-6-4-5-7-18/h8-9,12-13,18,38H,3-7,10-11,14-16H2,1-2H3/t30-/m0/s1. The summed E-state index contributed by atoms with van der Waals surface area (Å²) in [5, 5.41) is 11.5. The molecule has 1 aromatic carbocycles. The molecule has 3 aromatic rings. The van der Waals surface area contributed by atoms with E-state index in [1.165, 1.54) is 42.4 Å². The van der Waals surface area contributed by atoms with Gasteiger partial charge in [-0.3, -0.25) is 14.5 Å². The largest absolute Gasteiger partial charge is 0.458 e. The predicted molar refractivity (Wildman–Crippen MR) is 143 cm³/mol. The van der Waals surface area contributed by atoms with Gasteiger partial charge in [0.1, 0.15) is 12.4 Å². The van der Waals surface area contributed by atoms with Gasteiger partial charge in [-0.15, -0.1) is 0 Å². The van der Waals surface area contributed by atoms with Crippen LogP contribution in [0, 0.1) is 5.82 Å². The maximum absolute atomic E-state index is 14.5. The summed E-state index contributed by atoms with van der Waals surface area (Å²) in [7, 11) is 2.20. The van der Waals surface area contributed by atoms with Gasteiger partial charge in [-0.2, -0.15) is 0 Å². The molecule has 1 N–H and O–H groups in total. The molecule has 9 heteroatoms. The molecule has 2 aliphatic heterocycles.